The van der Waals surface area contributed by atoms with Crippen LogP contribution in [0, 0.1) is 0 Å². The van der Waals surface area contributed by atoms with Gasteiger partial charge in [0.05, 0.1) is 5.52 Å². The molecule has 0 unspecified atom stereocenters. The van der Waals surface area contributed by atoms with E-state index < -0.39 is 11.6 Å². The number of carbonyl (C=O) groups excluding carboxylic acids is 2. The van der Waals surface area contributed by atoms with Crippen LogP contribution in [0.15, 0.2) is 36.4 Å². The monoisotopic (exact) mass is 577 g/mol. The second-order valence-corrected chi connectivity index (χ2v) is 12.1. The Morgan fingerprint density at radius 1 is 1.12 bits per heavy atom. The largest absolute Gasteiger partial charge is 0.458 e. The van der Waals surface area contributed by atoms with Gasteiger partial charge in [0, 0.05) is 51.2 Å². The number of unbranched alkanes of at least 4 members (excludes halogenated alkanes) is 1. The predicted octanol–water partition coefficient (Wildman–Crippen LogP) is 4.30. The molecule has 1 atom stereocenters. The Morgan fingerprint density at radius 2 is 1.93 bits per heavy atom. The maximum atomic E-state index is 13.3. The van der Waals surface area contributed by atoms with Gasteiger partial charge < -0.3 is 25.6 Å². The van der Waals surface area contributed by atoms with Crippen LogP contribution in [0.4, 0.5) is 11.6 Å². The van der Waals surface area contributed by atoms with E-state index >= 15 is 0 Å². The van der Waals surface area contributed by atoms with E-state index in [2.05, 4.69) is 38.1 Å². The van der Waals surface area contributed by atoms with Gasteiger partial charge in [-0.2, -0.15) is 5.10 Å². The van der Waals surface area contributed by atoms with Crippen molar-refractivity contribution in [3.63, 3.8) is 0 Å². The second kappa shape index (κ2) is 14.5. The van der Waals surface area contributed by atoms with Gasteiger partial charge in [-0.25, -0.2) is 9.78 Å². The van der Waals surface area contributed by atoms with Crippen molar-refractivity contribution in [2.45, 2.75) is 77.9 Å². The average molecular weight is 578 g/mol. The number of rotatable bonds is 14. The van der Waals surface area contributed by atoms with Gasteiger partial charge in [0.1, 0.15) is 17.5 Å². The molecule has 1 amide bonds. The van der Waals surface area contributed by atoms with Crippen LogP contribution in [-0.2, 0) is 34.2 Å². The minimum atomic E-state index is -0.603. The van der Waals surface area contributed by atoms with E-state index in [0.717, 1.165) is 67.6 Å². The van der Waals surface area contributed by atoms with Crippen LogP contribution in [0.1, 0.15) is 64.6 Å². The first-order valence-electron chi connectivity index (χ1n) is 15.2. The summed E-state index contributed by atoms with van der Waals surface area (Å²) in [6, 6.07) is 11.7. The van der Waals surface area contributed by atoms with Crippen molar-refractivity contribution in [3.05, 3.63) is 47.7 Å². The average Bonchev–Trinajstić information content (AvgIpc) is 3.26. The second-order valence-electron chi connectivity index (χ2n) is 12.1. The van der Waals surface area contributed by atoms with Crippen molar-refractivity contribution in [1.29, 1.82) is 0 Å². The van der Waals surface area contributed by atoms with E-state index in [-0.39, 0.29) is 11.9 Å². The molecule has 0 aliphatic carbocycles. The lowest BCUT2D eigenvalue weighted by Gasteiger charge is -2.27. The van der Waals surface area contributed by atoms with E-state index in [1.54, 1.807) is 0 Å². The summed E-state index contributed by atoms with van der Waals surface area (Å²) < 4.78 is 7.62. The number of fused-ring (bicyclic) bond motifs is 2. The number of nitrogens with zero attached hydrogens (tertiary/aromatic N) is 4. The normalized spacial score (nSPS) is 13.9. The van der Waals surface area contributed by atoms with Crippen molar-refractivity contribution >= 4 is 34.4 Å². The quantitative estimate of drug-likeness (QED) is 0.192. The van der Waals surface area contributed by atoms with Crippen molar-refractivity contribution in [1.82, 2.24) is 25.0 Å². The standard InChI is InChI=1S/C32H47N7O3/c1-23(40)33-19-22-39(20-9-8-12-25-16-15-24-11-10-18-34-29(24)35-25)21-17-27(31(41)42-32(2,3)4)36-30-26-13-6-7-14-28(26)38(5)37-30/h6-7,13-16,27H,8-12,17-22H2,1-5H3,(H,33,40)(H,34,35)(H,36,37)/t27-/m0/s1. The summed E-state index contributed by atoms with van der Waals surface area (Å²) in [6.45, 7) is 10.9. The lowest BCUT2D eigenvalue weighted by molar-refractivity contribution is -0.156. The van der Waals surface area contributed by atoms with E-state index in [1.165, 1.54) is 12.5 Å². The van der Waals surface area contributed by atoms with Crippen LogP contribution in [-0.4, -0.2) is 75.9 Å². The summed E-state index contributed by atoms with van der Waals surface area (Å²) in [7, 11) is 1.90. The van der Waals surface area contributed by atoms with E-state index in [4.69, 9.17) is 9.72 Å². The highest BCUT2D eigenvalue weighted by Gasteiger charge is 2.27. The Kier molecular flexibility index (Phi) is 10.8. The fourth-order valence-corrected chi connectivity index (χ4v) is 5.29. The summed E-state index contributed by atoms with van der Waals surface area (Å²) in [5, 5.41) is 15.3. The molecule has 10 nitrogen and oxygen atoms in total. The number of aromatic nitrogens is 3. The Labute approximate surface area is 249 Å². The fourth-order valence-electron chi connectivity index (χ4n) is 5.29. The zero-order chi connectivity index (χ0) is 30.1. The highest BCUT2D eigenvalue weighted by Crippen LogP contribution is 2.24. The van der Waals surface area contributed by atoms with Crippen LogP contribution >= 0.6 is 0 Å². The number of anilines is 2. The third-order valence-electron chi connectivity index (χ3n) is 7.41. The summed E-state index contributed by atoms with van der Waals surface area (Å²) in [5.74, 6) is 1.36. The number of para-hydroxylation sites is 1. The molecule has 3 heterocycles. The van der Waals surface area contributed by atoms with Gasteiger partial charge in [-0.3, -0.25) is 9.48 Å². The van der Waals surface area contributed by atoms with Crippen molar-refractivity contribution in [2.75, 3.05) is 43.4 Å². The molecule has 3 aromatic rings. The molecule has 1 aliphatic rings. The van der Waals surface area contributed by atoms with E-state index in [1.807, 2.05) is 56.8 Å². The zero-order valence-corrected chi connectivity index (χ0v) is 25.8. The molecular formula is C32H47N7O3. The van der Waals surface area contributed by atoms with Gasteiger partial charge in [-0.1, -0.05) is 18.2 Å². The van der Waals surface area contributed by atoms with Crippen LogP contribution in [0.3, 0.4) is 0 Å². The number of amides is 1. The van der Waals surface area contributed by atoms with Crippen LogP contribution in [0.5, 0.6) is 0 Å². The molecule has 10 heteroatoms. The number of carbonyl (C=O) groups is 2. The lowest BCUT2D eigenvalue weighted by Crippen LogP contribution is -2.41. The molecule has 0 fully saturated rings. The highest BCUT2D eigenvalue weighted by molar-refractivity contribution is 5.92. The van der Waals surface area contributed by atoms with Crippen molar-refractivity contribution < 1.29 is 14.3 Å². The summed E-state index contributed by atoms with van der Waals surface area (Å²) >= 11 is 0. The Hall–Kier alpha value is -3.66. The highest BCUT2D eigenvalue weighted by atomic mass is 16.6. The maximum Gasteiger partial charge on any atom is 0.329 e. The molecule has 1 aliphatic heterocycles. The third-order valence-corrected chi connectivity index (χ3v) is 7.41. The maximum absolute atomic E-state index is 13.3. The third kappa shape index (κ3) is 9.17. The number of ether oxygens (including phenoxy) is 1. The molecule has 228 valence electrons. The molecule has 0 spiro atoms. The summed E-state index contributed by atoms with van der Waals surface area (Å²) in [4.78, 5) is 32.0. The Balaban J connectivity index is 1.39. The van der Waals surface area contributed by atoms with Gasteiger partial charge in [-0.05, 0) is 89.6 Å². The molecule has 3 N–H and O–H groups in total. The lowest BCUT2D eigenvalue weighted by atomic mass is 10.1. The van der Waals surface area contributed by atoms with Crippen LogP contribution in [0.25, 0.3) is 10.9 Å². The molecule has 1 aromatic carbocycles. The number of esters is 1. The first-order valence-corrected chi connectivity index (χ1v) is 15.2. The number of benzene rings is 1. The number of pyridine rings is 1. The van der Waals surface area contributed by atoms with Crippen LogP contribution < -0.4 is 16.0 Å². The number of nitrogens with one attached hydrogen (secondary N) is 3. The summed E-state index contributed by atoms with van der Waals surface area (Å²) in [6.07, 6.45) is 5.71. The van der Waals surface area contributed by atoms with Gasteiger partial charge in [-0.15, -0.1) is 0 Å². The molecule has 0 radical (unpaired) electrons. The Morgan fingerprint density at radius 3 is 2.71 bits per heavy atom. The Bertz CT molecular complexity index is 1350. The SMILES string of the molecule is CC(=O)NCCN(CCCCc1ccc2c(n1)NCCC2)CC[C@H](Nc1nn(C)c2ccccc12)C(=O)OC(C)(C)C. The van der Waals surface area contributed by atoms with Gasteiger partial charge >= 0.3 is 5.97 Å². The first-order chi connectivity index (χ1) is 20.1. The molecule has 2 aromatic heterocycles. The fraction of sp³-hybridized carbons (Fsp3) is 0.562. The number of aryl methyl sites for hydroxylation is 3. The molecule has 0 bridgehead atoms. The number of hydrogen-bond donors (Lipinski definition) is 3. The van der Waals surface area contributed by atoms with E-state index in [9.17, 15) is 9.59 Å². The minimum absolute atomic E-state index is 0.0441. The topological polar surface area (TPSA) is 113 Å². The zero-order valence-electron chi connectivity index (χ0n) is 25.8. The van der Waals surface area contributed by atoms with Gasteiger partial charge in [0.2, 0.25) is 5.91 Å². The first kappa shape index (κ1) is 31.3. The van der Waals surface area contributed by atoms with Gasteiger partial charge in [0.25, 0.3) is 0 Å². The molecule has 0 saturated heterocycles. The van der Waals surface area contributed by atoms with Gasteiger partial charge in [0.15, 0.2) is 5.82 Å². The smallest absolute Gasteiger partial charge is 0.329 e. The predicted molar refractivity (Wildman–Crippen MR) is 168 cm³/mol. The molecular weight excluding hydrogens is 530 g/mol. The number of hydrogen-bond acceptors (Lipinski definition) is 8. The molecule has 42 heavy (non-hydrogen) atoms. The molecule has 0 saturated carbocycles. The molecule has 4 rings (SSSR count). The van der Waals surface area contributed by atoms with Crippen molar-refractivity contribution in [3.8, 4) is 0 Å². The van der Waals surface area contributed by atoms with Crippen LogP contribution in [0.2, 0.25) is 0 Å². The van der Waals surface area contributed by atoms with Crippen molar-refractivity contribution in [2.24, 2.45) is 7.05 Å². The minimum Gasteiger partial charge on any atom is -0.458 e. The summed E-state index contributed by atoms with van der Waals surface area (Å²) in [5.41, 5.74) is 2.81. The van der Waals surface area contributed by atoms with E-state index in [0.29, 0.717) is 31.9 Å².